The van der Waals surface area contributed by atoms with E-state index >= 15 is 0 Å². The Labute approximate surface area is 95.1 Å². The monoisotopic (exact) mass is 246 g/mol. The van der Waals surface area contributed by atoms with Gasteiger partial charge in [0, 0.05) is 0 Å². The SMILES string of the molecule is CCOP(=O)(OCC)c1cc(C)cc(F)c1. The van der Waals surface area contributed by atoms with Crippen molar-refractivity contribution >= 4 is 12.9 Å². The smallest absolute Gasteiger partial charge is 0.305 e. The lowest BCUT2D eigenvalue weighted by Gasteiger charge is -2.17. The van der Waals surface area contributed by atoms with Crippen LogP contribution in [0.4, 0.5) is 4.39 Å². The summed E-state index contributed by atoms with van der Waals surface area (Å²) in [4.78, 5) is 0. The molecule has 0 heterocycles. The van der Waals surface area contributed by atoms with E-state index in [1.54, 1.807) is 26.8 Å². The van der Waals surface area contributed by atoms with Gasteiger partial charge in [-0.05, 0) is 44.5 Å². The molecule has 0 aliphatic heterocycles. The van der Waals surface area contributed by atoms with E-state index in [4.69, 9.17) is 9.05 Å². The van der Waals surface area contributed by atoms with Crippen LogP contribution in [0.5, 0.6) is 0 Å². The molecule has 5 heteroatoms. The van der Waals surface area contributed by atoms with E-state index in [1.807, 2.05) is 0 Å². The maximum Gasteiger partial charge on any atom is 0.361 e. The third kappa shape index (κ3) is 3.14. The molecule has 0 saturated heterocycles. The summed E-state index contributed by atoms with van der Waals surface area (Å²) >= 11 is 0. The van der Waals surface area contributed by atoms with E-state index in [0.717, 1.165) is 0 Å². The fourth-order valence-corrected chi connectivity index (χ4v) is 3.10. The van der Waals surface area contributed by atoms with Gasteiger partial charge < -0.3 is 9.05 Å². The van der Waals surface area contributed by atoms with E-state index in [0.29, 0.717) is 5.56 Å². The molecule has 0 aromatic heterocycles. The molecule has 1 aromatic rings. The molecule has 0 bridgehead atoms. The summed E-state index contributed by atoms with van der Waals surface area (Å²) in [6.07, 6.45) is 0. The summed E-state index contributed by atoms with van der Waals surface area (Å²) in [5.41, 5.74) is 0.689. The second kappa shape index (κ2) is 5.58. The maximum atomic E-state index is 13.2. The maximum absolute atomic E-state index is 13.2. The van der Waals surface area contributed by atoms with Crippen LogP contribution in [0, 0.1) is 12.7 Å². The van der Waals surface area contributed by atoms with E-state index in [2.05, 4.69) is 0 Å². The van der Waals surface area contributed by atoms with Gasteiger partial charge in [0.1, 0.15) is 5.82 Å². The summed E-state index contributed by atoms with van der Waals surface area (Å²) in [5.74, 6) is -0.436. The van der Waals surface area contributed by atoms with Crippen LogP contribution >= 0.6 is 7.60 Å². The van der Waals surface area contributed by atoms with Gasteiger partial charge in [0.25, 0.3) is 0 Å². The molecule has 0 saturated carbocycles. The summed E-state index contributed by atoms with van der Waals surface area (Å²) in [7, 11) is -3.37. The molecule has 16 heavy (non-hydrogen) atoms. The summed E-state index contributed by atoms with van der Waals surface area (Å²) < 4.78 is 35.8. The van der Waals surface area contributed by atoms with Crippen molar-refractivity contribution in [2.24, 2.45) is 0 Å². The Balaban J connectivity index is 3.15. The third-order valence-electron chi connectivity index (χ3n) is 1.94. The highest BCUT2D eigenvalue weighted by atomic mass is 31.2. The molecule has 0 amide bonds. The molecule has 90 valence electrons. The topological polar surface area (TPSA) is 35.5 Å². The van der Waals surface area contributed by atoms with Crippen LogP contribution in [0.1, 0.15) is 19.4 Å². The van der Waals surface area contributed by atoms with Crippen molar-refractivity contribution in [2.45, 2.75) is 20.8 Å². The largest absolute Gasteiger partial charge is 0.361 e. The molecule has 1 rings (SSSR count). The zero-order chi connectivity index (χ0) is 12.2. The quantitative estimate of drug-likeness (QED) is 0.749. The standard InChI is InChI=1S/C11H16FO3P/c1-4-14-16(13,15-5-2)11-7-9(3)6-10(12)8-11/h6-8H,4-5H2,1-3H3. The predicted octanol–water partition coefficient (Wildman–Crippen LogP) is 3.03. The van der Waals surface area contributed by atoms with Crippen molar-refractivity contribution in [1.29, 1.82) is 0 Å². The highest BCUT2D eigenvalue weighted by Gasteiger charge is 2.27. The van der Waals surface area contributed by atoms with Crippen LogP contribution < -0.4 is 5.30 Å². The van der Waals surface area contributed by atoms with E-state index in [1.165, 1.54) is 12.1 Å². The molecule has 0 spiro atoms. The average molecular weight is 246 g/mol. The van der Waals surface area contributed by atoms with Gasteiger partial charge in [-0.3, -0.25) is 4.57 Å². The van der Waals surface area contributed by atoms with E-state index in [9.17, 15) is 8.96 Å². The minimum Gasteiger partial charge on any atom is -0.305 e. The number of halogens is 1. The van der Waals surface area contributed by atoms with Gasteiger partial charge in [-0.1, -0.05) is 0 Å². The van der Waals surface area contributed by atoms with E-state index < -0.39 is 13.4 Å². The third-order valence-corrected chi connectivity index (χ3v) is 4.03. The van der Waals surface area contributed by atoms with Gasteiger partial charge in [-0.15, -0.1) is 0 Å². The van der Waals surface area contributed by atoms with Crippen LogP contribution in [0.15, 0.2) is 18.2 Å². The summed E-state index contributed by atoms with van der Waals surface area (Å²) in [6, 6.07) is 4.18. The Morgan fingerprint density at radius 1 is 1.19 bits per heavy atom. The molecule has 1 aromatic carbocycles. The van der Waals surface area contributed by atoms with Gasteiger partial charge in [0.2, 0.25) is 0 Å². The second-order valence-corrected chi connectivity index (χ2v) is 5.35. The Bertz CT molecular complexity index is 376. The van der Waals surface area contributed by atoms with Crippen molar-refractivity contribution in [3.63, 3.8) is 0 Å². The number of aryl methyl sites for hydroxylation is 1. The molecule has 0 N–H and O–H groups in total. The molecular formula is C11H16FO3P. The Morgan fingerprint density at radius 2 is 1.75 bits per heavy atom. The molecule has 0 atom stereocenters. The molecule has 3 nitrogen and oxygen atoms in total. The van der Waals surface area contributed by atoms with Gasteiger partial charge >= 0.3 is 7.60 Å². The van der Waals surface area contributed by atoms with Crippen molar-refractivity contribution < 1.29 is 18.0 Å². The van der Waals surface area contributed by atoms with Crippen LogP contribution in [0.2, 0.25) is 0 Å². The number of benzene rings is 1. The summed E-state index contributed by atoms with van der Waals surface area (Å²) in [5, 5.41) is 0.272. The highest BCUT2D eigenvalue weighted by molar-refractivity contribution is 7.62. The number of hydrogen-bond donors (Lipinski definition) is 0. The lowest BCUT2D eigenvalue weighted by atomic mass is 10.2. The van der Waals surface area contributed by atoms with Crippen molar-refractivity contribution in [2.75, 3.05) is 13.2 Å². The van der Waals surface area contributed by atoms with Gasteiger partial charge in [-0.2, -0.15) is 0 Å². The second-order valence-electron chi connectivity index (χ2n) is 3.32. The normalized spacial score (nSPS) is 11.8. The number of hydrogen-bond acceptors (Lipinski definition) is 3. The Hall–Kier alpha value is -0.700. The predicted molar refractivity (Wildman–Crippen MR) is 61.6 cm³/mol. The lowest BCUT2D eigenvalue weighted by molar-refractivity contribution is 0.230. The Kier molecular flexibility index (Phi) is 4.66. The summed E-state index contributed by atoms with van der Waals surface area (Å²) in [6.45, 7) is 5.68. The van der Waals surface area contributed by atoms with Crippen molar-refractivity contribution in [3.8, 4) is 0 Å². The highest BCUT2D eigenvalue weighted by Crippen LogP contribution is 2.46. The fraction of sp³-hybridized carbons (Fsp3) is 0.455. The average Bonchev–Trinajstić information content (AvgIpc) is 2.16. The van der Waals surface area contributed by atoms with Crippen molar-refractivity contribution in [1.82, 2.24) is 0 Å². The van der Waals surface area contributed by atoms with Crippen LogP contribution in [0.3, 0.4) is 0 Å². The van der Waals surface area contributed by atoms with Gasteiger partial charge in [0.15, 0.2) is 0 Å². The minimum absolute atomic E-state index is 0.257. The zero-order valence-electron chi connectivity index (χ0n) is 9.70. The molecule has 0 aliphatic rings. The lowest BCUT2D eigenvalue weighted by Crippen LogP contribution is -2.11. The molecule has 0 fully saturated rings. The van der Waals surface area contributed by atoms with Crippen LogP contribution in [-0.2, 0) is 13.6 Å². The van der Waals surface area contributed by atoms with Gasteiger partial charge in [-0.25, -0.2) is 4.39 Å². The van der Waals surface area contributed by atoms with E-state index in [-0.39, 0.29) is 18.5 Å². The molecular weight excluding hydrogens is 230 g/mol. The fourth-order valence-electron chi connectivity index (χ4n) is 1.40. The first-order valence-electron chi connectivity index (χ1n) is 5.18. The first-order valence-corrected chi connectivity index (χ1v) is 6.73. The molecule has 0 unspecified atom stereocenters. The first kappa shape index (κ1) is 13.4. The van der Waals surface area contributed by atoms with Crippen LogP contribution in [0.25, 0.3) is 0 Å². The van der Waals surface area contributed by atoms with Gasteiger partial charge in [0.05, 0.1) is 18.5 Å². The molecule has 0 aliphatic carbocycles. The Morgan fingerprint density at radius 3 is 2.19 bits per heavy atom. The number of rotatable bonds is 5. The zero-order valence-corrected chi connectivity index (χ0v) is 10.6. The van der Waals surface area contributed by atoms with Crippen molar-refractivity contribution in [3.05, 3.63) is 29.6 Å². The van der Waals surface area contributed by atoms with Crippen LogP contribution in [-0.4, -0.2) is 13.2 Å². The molecule has 0 radical (unpaired) electrons. The first-order chi connectivity index (χ1) is 7.51. The minimum atomic E-state index is -3.37.